The number of carbonyl (C=O) groups excluding carboxylic acids is 2. The van der Waals surface area contributed by atoms with Crippen molar-refractivity contribution in [1.29, 1.82) is 0 Å². The molecule has 0 saturated carbocycles. The van der Waals surface area contributed by atoms with Gasteiger partial charge in [-0.2, -0.15) is 0 Å². The second-order valence-electron chi connectivity index (χ2n) is 3.80. The molecule has 0 spiro atoms. The lowest BCUT2D eigenvalue weighted by atomic mass is 10.1. The minimum Gasteiger partial charge on any atom is -0.355 e. The van der Waals surface area contributed by atoms with Crippen molar-refractivity contribution in [3.63, 3.8) is 0 Å². The van der Waals surface area contributed by atoms with Gasteiger partial charge in [-0.3, -0.25) is 14.9 Å². The number of nitrogens with one attached hydrogen (secondary N) is 3. The Labute approximate surface area is 95.4 Å². The van der Waals surface area contributed by atoms with E-state index < -0.39 is 6.04 Å². The van der Waals surface area contributed by atoms with E-state index in [4.69, 9.17) is 6.42 Å². The standard InChI is InChI=1S/C11H17N3O2/c1-3-6-12-10(15)8(2)14-9-5-4-7-13-11(9)16/h1,8-9,14H,4-7H2,2H3,(H,12,15)(H,13,16). The summed E-state index contributed by atoms with van der Waals surface area (Å²) in [6, 6.07) is -0.692. The summed E-state index contributed by atoms with van der Waals surface area (Å²) < 4.78 is 0. The lowest BCUT2D eigenvalue weighted by Crippen LogP contribution is -2.54. The highest BCUT2D eigenvalue weighted by Gasteiger charge is 2.25. The average Bonchev–Trinajstić information content (AvgIpc) is 2.28. The summed E-state index contributed by atoms with van der Waals surface area (Å²) in [7, 11) is 0. The average molecular weight is 223 g/mol. The Kier molecular flexibility index (Phi) is 4.80. The van der Waals surface area contributed by atoms with Gasteiger partial charge >= 0.3 is 0 Å². The lowest BCUT2D eigenvalue weighted by molar-refractivity contribution is -0.126. The Bertz CT molecular complexity index is 309. The lowest BCUT2D eigenvalue weighted by Gasteiger charge is -2.25. The van der Waals surface area contributed by atoms with Crippen LogP contribution in [0.15, 0.2) is 0 Å². The molecule has 5 nitrogen and oxygen atoms in total. The van der Waals surface area contributed by atoms with Crippen LogP contribution in [0.25, 0.3) is 0 Å². The van der Waals surface area contributed by atoms with Crippen LogP contribution in [0.1, 0.15) is 19.8 Å². The first kappa shape index (κ1) is 12.5. The number of rotatable bonds is 4. The predicted octanol–water partition coefficient (Wildman–Crippen LogP) is -1.01. The van der Waals surface area contributed by atoms with E-state index in [1.165, 1.54) is 0 Å². The fraction of sp³-hybridized carbons (Fsp3) is 0.636. The molecule has 1 rings (SSSR count). The molecule has 0 radical (unpaired) electrons. The second kappa shape index (κ2) is 6.13. The quantitative estimate of drug-likeness (QED) is 0.535. The number of piperidine rings is 1. The van der Waals surface area contributed by atoms with Crippen LogP contribution in [-0.2, 0) is 9.59 Å². The number of terminal acetylenes is 1. The van der Waals surface area contributed by atoms with E-state index in [0.717, 1.165) is 12.8 Å². The third-order valence-corrected chi connectivity index (χ3v) is 2.49. The second-order valence-corrected chi connectivity index (χ2v) is 3.80. The van der Waals surface area contributed by atoms with Gasteiger partial charge in [-0.05, 0) is 19.8 Å². The Balaban J connectivity index is 2.37. The zero-order chi connectivity index (χ0) is 12.0. The summed E-state index contributed by atoms with van der Waals surface area (Å²) in [4.78, 5) is 22.9. The summed E-state index contributed by atoms with van der Waals surface area (Å²) in [5.74, 6) is 2.10. The van der Waals surface area contributed by atoms with Crippen molar-refractivity contribution in [2.45, 2.75) is 31.8 Å². The summed E-state index contributed by atoms with van der Waals surface area (Å²) in [6.45, 7) is 2.64. The molecule has 0 aliphatic carbocycles. The molecule has 0 bridgehead atoms. The third kappa shape index (κ3) is 3.55. The molecule has 88 valence electrons. The van der Waals surface area contributed by atoms with Crippen molar-refractivity contribution >= 4 is 11.8 Å². The van der Waals surface area contributed by atoms with Crippen LogP contribution in [0, 0.1) is 12.3 Å². The number of amides is 2. The first-order chi connectivity index (χ1) is 7.65. The Morgan fingerprint density at radius 2 is 2.50 bits per heavy atom. The highest BCUT2D eigenvalue weighted by molar-refractivity contribution is 5.85. The van der Waals surface area contributed by atoms with E-state index in [1.54, 1.807) is 6.92 Å². The maximum absolute atomic E-state index is 11.5. The van der Waals surface area contributed by atoms with E-state index in [-0.39, 0.29) is 24.4 Å². The van der Waals surface area contributed by atoms with Gasteiger partial charge < -0.3 is 10.6 Å². The molecule has 1 aliphatic rings. The van der Waals surface area contributed by atoms with Crippen LogP contribution in [0.3, 0.4) is 0 Å². The minimum atomic E-state index is -0.415. The third-order valence-electron chi connectivity index (χ3n) is 2.49. The van der Waals surface area contributed by atoms with Crippen LogP contribution in [0.2, 0.25) is 0 Å². The zero-order valence-corrected chi connectivity index (χ0v) is 9.38. The summed E-state index contributed by atoms with van der Waals surface area (Å²) in [6.07, 6.45) is 6.73. The van der Waals surface area contributed by atoms with Gasteiger partial charge in [0.15, 0.2) is 0 Å². The fourth-order valence-corrected chi connectivity index (χ4v) is 1.60. The van der Waals surface area contributed by atoms with Gasteiger partial charge in [-0.15, -0.1) is 6.42 Å². The van der Waals surface area contributed by atoms with E-state index in [9.17, 15) is 9.59 Å². The van der Waals surface area contributed by atoms with Crippen molar-refractivity contribution in [3.8, 4) is 12.3 Å². The topological polar surface area (TPSA) is 70.2 Å². The molecule has 1 heterocycles. The van der Waals surface area contributed by atoms with E-state index in [0.29, 0.717) is 6.54 Å². The Hall–Kier alpha value is -1.54. The molecule has 1 fully saturated rings. The van der Waals surface area contributed by atoms with Gasteiger partial charge in [0, 0.05) is 6.54 Å². The first-order valence-electron chi connectivity index (χ1n) is 5.40. The summed E-state index contributed by atoms with van der Waals surface area (Å²) in [5, 5.41) is 8.31. The molecular weight excluding hydrogens is 206 g/mol. The van der Waals surface area contributed by atoms with E-state index in [1.807, 2.05) is 0 Å². The molecule has 3 N–H and O–H groups in total. The van der Waals surface area contributed by atoms with Crippen LogP contribution < -0.4 is 16.0 Å². The van der Waals surface area contributed by atoms with Crippen molar-refractivity contribution in [1.82, 2.24) is 16.0 Å². The zero-order valence-electron chi connectivity index (χ0n) is 9.38. The van der Waals surface area contributed by atoms with Gasteiger partial charge in [0.05, 0.1) is 18.6 Å². The molecule has 16 heavy (non-hydrogen) atoms. The maximum atomic E-state index is 11.5. The largest absolute Gasteiger partial charge is 0.355 e. The first-order valence-corrected chi connectivity index (χ1v) is 5.40. The highest BCUT2D eigenvalue weighted by Crippen LogP contribution is 2.03. The molecule has 2 amide bonds. The minimum absolute atomic E-state index is 0.0390. The Morgan fingerprint density at radius 1 is 1.75 bits per heavy atom. The molecule has 0 aromatic rings. The van der Waals surface area contributed by atoms with Gasteiger partial charge in [0.25, 0.3) is 0 Å². The molecule has 0 aromatic carbocycles. The van der Waals surface area contributed by atoms with Gasteiger partial charge in [0.2, 0.25) is 11.8 Å². The Morgan fingerprint density at radius 3 is 3.12 bits per heavy atom. The van der Waals surface area contributed by atoms with Crippen LogP contribution >= 0.6 is 0 Å². The van der Waals surface area contributed by atoms with E-state index in [2.05, 4.69) is 21.9 Å². The fourth-order valence-electron chi connectivity index (χ4n) is 1.60. The molecule has 2 atom stereocenters. The normalized spacial score (nSPS) is 21.8. The summed E-state index contributed by atoms with van der Waals surface area (Å²) in [5.41, 5.74) is 0. The van der Waals surface area contributed by atoms with Crippen LogP contribution in [-0.4, -0.2) is 37.0 Å². The maximum Gasteiger partial charge on any atom is 0.237 e. The van der Waals surface area contributed by atoms with Crippen molar-refractivity contribution in [2.75, 3.05) is 13.1 Å². The smallest absolute Gasteiger partial charge is 0.237 e. The number of carbonyl (C=O) groups is 2. The predicted molar refractivity (Wildman–Crippen MR) is 60.5 cm³/mol. The van der Waals surface area contributed by atoms with Crippen molar-refractivity contribution in [2.24, 2.45) is 0 Å². The molecule has 0 aromatic heterocycles. The van der Waals surface area contributed by atoms with Crippen molar-refractivity contribution in [3.05, 3.63) is 0 Å². The molecular formula is C11H17N3O2. The van der Waals surface area contributed by atoms with Gasteiger partial charge in [-0.25, -0.2) is 0 Å². The van der Waals surface area contributed by atoms with Crippen LogP contribution in [0.4, 0.5) is 0 Å². The molecule has 1 aliphatic heterocycles. The van der Waals surface area contributed by atoms with Gasteiger partial charge in [-0.1, -0.05) is 5.92 Å². The van der Waals surface area contributed by atoms with Crippen LogP contribution in [0.5, 0.6) is 0 Å². The number of hydrogen-bond acceptors (Lipinski definition) is 3. The molecule has 5 heteroatoms. The van der Waals surface area contributed by atoms with Gasteiger partial charge in [0.1, 0.15) is 0 Å². The van der Waals surface area contributed by atoms with Crippen molar-refractivity contribution < 1.29 is 9.59 Å². The molecule has 1 saturated heterocycles. The summed E-state index contributed by atoms with van der Waals surface area (Å²) >= 11 is 0. The number of hydrogen-bond donors (Lipinski definition) is 3. The van der Waals surface area contributed by atoms with E-state index >= 15 is 0 Å². The highest BCUT2D eigenvalue weighted by atomic mass is 16.2. The monoisotopic (exact) mass is 223 g/mol. The SMILES string of the molecule is C#CCNC(=O)C(C)NC1CCCNC1=O. The molecule has 2 unspecified atom stereocenters.